The van der Waals surface area contributed by atoms with Gasteiger partial charge in [-0.2, -0.15) is 0 Å². The van der Waals surface area contributed by atoms with Crippen molar-refractivity contribution >= 4 is 0 Å². The summed E-state index contributed by atoms with van der Waals surface area (Å²) in [5.74, 6) is 0. The fraction of sp³-hybridized carbons (Fsp3) is 1.00. The highest BCUT2D eigenvalue weighted by Crippen LogP contribution is 2.24. The first-order valence-corrected chi connectivity index (χ1v) is 6.21. The first kappa shape index (κ1) is 9.51. The molecule has 0 amide bonds. The molecule has 0 radical (unpaired) electrons. The van der Waals surface area contributed by atoms with E-state index in [0.717, 1.165) is 6.04 Å². The fourth-order valence-corrected chi connectivity index (χ4v) is 2.91. The minimum atomic E-state index is 0.961. The summed E-state index contributed by atoms with van der Waals surface area (Å²) in [5, 5.41) is 0. The van der Waals surface area contributed by atoms with Crippen molar-refractivity contribution in [3.05, 3.63) is 0 Å². The molecule has 0 spiro atoms. The summed E-state index contributed by atoms with van der Waals surface area (Å²) in [4.78, 5) is 2.76. The number of hydrogen-bond acceptors (Lipinski definition) is 1. The monoisotopic (exact) mass is 181 g/mol. The van der Waals surface area contributed by atoms with Gasteiger partial charge in [0.1, 0.15) is 0 Å². The maximum atomic E-state index is 2.76. The average molecular weight is 181 g/mol. The second-order valence-corrected chi connectivity index (χ2v) is 4.74. The summed E-state index contributed by atoms with van der Waals surface area (Å²) in [6, 6.07) is 0.961. The summed E-state index contributed by atoms with van der Waals surface area (Å²) >= 11 is 0. The maximum absolute atomic E-state index is 2.76. The Morgan fingerprint density at radius 2 is 1.15 bits per heavy atom. The van der Waals surface area contributed by atoms with E-state index in [4.69, 9.17) is 0 Å². The Labute approximate surface area is 82.5 Å². The van der Waals surface area contributed by atoms with Crippen LogP contribution in [0.4, 0.5) is 0 Å². The third-order valence-corrected chi connectivity index (χ3v) is 3.73. The zero-order valence-corrected chi connectivity index (χ0v) is 8.80. The summed E-state index contributed by atoms with van der Waals surface area (Å²) in [6.07, 6.45) is 13.3. The van der Waals surface area contributed by atoms with Crippen molar-refractivity contribution in [2.75, 3.05) is 13.1 Å². The molecule has 2 rings (SSSR count). The minimum absolute atomic E-state index is 0.961. The zero-order valence-electron chi connectivity index (χ0n) is 8.80. The third kappa shape index (κ3) is 2.70. The molecule has 0 atom stereocenters. The molecule has 1 heteroatoms. The van der Waals surface area contributed by atoms with Gasteiger partial charge in [-0.3, -0.25) is 0 Å². The molecular weight excluding hydrogens is 158 g/mol. The van der Waals surface area contributed by atoms with Crippen molar-refractivity contribution in [1.82, 2.24) is 4.90 Å². The third-order valence-electron chi connectivity index (χ3n) is 3.73. The molecule has 2 aliphatic rings. The molecule has 0 aromatic rings. The van der Waals surface area contributed by atoms with Gasteiger partial charge in [-0.15, -0.1) is 0 Å². The molecule has 13 heavy (non-hydrogen) atoms. The molecule has 1 saturated heterocycles. The summed E-state index contributed by atoms with van der Waals surface area (Å²) in [6.45, 7) is 2.79. The molecular formula is C12H23N. The lowest BCUT2D eigenvalue weighted by Crippen LogP contribution is -2.33. The average Bonchev–Trinajstić information content (AvgIpc) is 2.55. The molecule has 1 aliphatic carbocycles. The van der Waals surface area contributed by atoms with Crippen molar-refractivity contribution in [3.8, 4) is 0 Å². The lowest BCUT2D eigenvalue weighted by molar-refractivity contribution is 0.203. The largest absolute Gasteiger partial charge is 0.300 e. The first-order chi connectivity index (χ1) is 6.47. The van der Waals surface area contributed by atoms with Crippen LogP contribution in [0.15, 0.2) is 0 Å². The van der Waals surface area contributed by atoms with E-state index in [-0.39, 0.29) is 0 Å². The predicted molar refractivity (Wildman–Crippen MR) is 56.9 cm³/mol. The Morgan fingerprint density at radius 1 is 0.615 bits per heavy atom. The van der Waals surface area contributed by atoms with Crippen LogP contribution in [0.3, 0.4) is 0 Å². The highest BCUT2D eigenvalue weighted by atomic mass is 15.2. The molecule has 0 aromatic heterocycles. The quantitative estimate of drug-likeness (QED) is 0.600. The van der Waals surface area contributed by atoms with E-state index in [2.05, 4.69) is 4.90 Å². The van der Waals surface area contributed by atoms with Gasteiger partial charge in [0.25, 0.3) is 0 Å². The Balaban J connectivity index is 1.80. The van der Waals surface area contributed by atoms with Crippen LogP contribution in [0.2, 0.25) is 0 Å². The molecule has 1 heterocycles. The van der Waals surface area contributed by atoms with E-state index < -0.39 is 0 Å². The van der Waals surface area contributed by atoms with Gasteiger partial charge in [0.15, 0.2) is 0 Å². The second kappa shape index (κ2) is 4.99. The van der Waals surface area contributed by atoms with E-state index in [0.29, 0.717) is 0 Å². The molecule has 0 bridgehead atoms. The summed E-state index contributed by atoms with van der Waals surface area (Å²) < 4.78 is 0. The summed E-state index contributed by atoms with van der Waals surface area (Å²) in [5.41, 5.74) is 0. The Morgan fingerprint density at radius 3 is 1.77 bits per heavy atom. The number of nitrogens with zero attached hydrogens (tertiary/aromatic N) is 1. The fourth-order valence-electron chi connectivity index (χ4n) is 2.91. The van der Waals surface area contributed by atoms with Gasteiger partial charge in [-0.25, -0.2) is 0 Å². The lowest BCUT2D eigenvalue weighted by atomic mass is 9.96. The molecule has 0 N–H and O–H groups in total. The van der Waals surface area contributed by atoms with Gasteiger partial charge in [0.05, 0.1) is 0 Å². The van der Waals surface area contributed by atoms with Gasteiger partial charge < -0.3 is 4.90 Å². The van der Waals surface area contributed by atoms with Crippen LogP contribution in [0.1, 0.15) is 57.8 Å². The van der Waals surface area contributed by atoms with E-state index in [1.54, 1.807) is 0 Å². The van der Waals surface area contributed by atoms with Crippen LogP contribution < -0.4 is 0 Å². The normalized spacial score (nSPS) is 28.6. The van der Waals surface area contributed by atoms with Crippen molar-refractivity contribution in [3.63, 3.8) is 0 Å². The van der Waals surface area contributed by atoms with Gasteiger partial charge in [-0.05, 0) is 38.8 Å². The van der Waals surface area contributed by atoms with Crippen LogP contribution in [0.5, 0.6) is 0 Å². The topological polar surface area (TPSA) is 3.24 Å². The molecule has 1 aliphatic heterocycles. The smallest absolute Gasteiger partial charge is 0.00952 e. The highest BCUT2D eigenvalue weighted by Gasteiger charge is 2.21. The van der Waals surface area contributed by atoms with Gasteiger partial charge >= 0.3 is 0 Å². The highest BCUT2D eigenvalue weighted by molar-refractivity contribution is 4.77. The predicted octanol–water partition coefficient (Wildman–Crippen LogP) is 3.20. The van der Waals surface area contributed by atoms with Crippen LogP contribution in [0.25, 0.3) is 0 Å². The van der Waals surface area contributed by atoms with Gasteiger partial charge in [0, 0.05) is 6.04 Å². The first-order valence-electron chi connectivity index (χ1n) is 6.21. The lowest BCUT2D eigenvalue weighted by Gasteiger charge is -2.29. The van der Waals surface area contributed by atoms with E-state index in [1.165, 1.54) is 70.9 Å². The molecule has 0 unspecified atom stereocenters. The Bertz CT molecular complexity index is 130. The van der Waals surface area contributed by atoms with Crippen molar-refractivity contribution in [1.29, 1.82) is 0 Å². The number of likely N-dealkylation sites (tertiary alicyclic amines) is 1. The Hall–Kier alpha value is -0.0400. The van der Waals surface area contributed by atoms with Crippen LogP contribution in [-0.4, -0.2) is 24.0 Å². The zero-order chi connectivity index (χ0) is 8.93. The van der Waals surface area contributed by atoms with E-state index in [1.807, 2.05) is 0 Å². The summed E-state index contributed by atoms with van der Waals surface area (Å²) in [7, 11) is 0. The van der Waals surface area contributed by atoms with Gasteiger partial charge in [0.2, 0.25) is 0 Å². The number of rotatable bonds is 1. The SMILES string of the molecule is C1CCCC(N2CCCC2)CCC1. The van der Waals surface area contributed by atoms with Crippen molar-refractivity contribution in [2.24, 2.45) is 0 Å². The van der Waals surface area contributed by atoms with E-state index in [9.17, 15) is 0 Å². The second-order valence-electron chi connectivity index (χ2n) is 4.74. The molecule has 1 nitrogen and oxygen atoms in total. The van der Waals surface area contributed by atoms with Gasteiger partial charge in [-0.1, -0.05) is 32.1 Å². The Kier molecular flexibility index (Phi) is 3.65. The minimum Gasteiger partial charge on any atom is -0.300 e. The molecule has 0 aromatic carbocycles. The van der Waals surface area contributed by atoms with Crippen LogP contribution in [0, 0.1) is 0 Å². The standard InChI is InChI=1S/C12H23N/c1-2-4-8-12(9-5-3-1)13-10-6-7-11-13/h12H,1-11H2. The molecule has 2 fully saturated rings. The van der Waals surface area contributed by atoms with Crippen LogP contribution in [-0.2, 0) is 0 Å². The van der Waals surface area contributed by atoms with Crippen LogP contribution >= 0.6 is 0 Å². The van der Waals surface area contributed by atoms with E-state index >= 15 is 0 Å². The molecule has 1 saturated carbocycles. The molecule has 76 valence electrons. The maximum Gasteiger partial charge on any atom is 0.00952 e. The van der Waals surface area contributed by atoms with Crippen molar-refractivity contribution in [2.45, 2.75) is 63.8 Å². The number of hydrogen-bond donors (Lipinski definition) is 0. The van der Waals surface area contributed by atoms with Crippen molar-refractivity contribution < 1.29 is 0 Å².